The first-order valence-electron chi connectivity index (χ1n) is 6.41. The van der Waals surface area contributed by atoms with E-state index in [0.29, 0.717) is 5.92 Å². The van der Waals surface area contributed by atoms with Gasteiger partial charge in [-0.2, -0.15) is 0 Å². The van der Waals surface area contributed by atoms with Crippen LogP contribution in [0.1, 0.15) is 52.9 Å². The largest absolute Gasteiger partial charge is 0.353 e. The Bertz CT molecular complexity index is 151. The van der Waals surface area contributed by atoms with E-state index in [2.05, 4.69) is 13.8 Å². The first-order chi connectivity index (χ1) is 7.18. The molecule has 0 aliphatic heterocycles. The van der Waals surface area contributed by atoms with E-state index in [1.54, 1.807) is 0 Å². The molecule has 0 aromatic heterocycles. The Hall–Kier alpha value is -0.0800. The molecule has 1 aliphatic rings. The zero-order valence-corrected chi connectivity index (χ0v) is 10.5. The summed E-state index contributed by atoms with van der Waals surface area (Å²) in [6.07, 6.45) is 6.84. The van der Waals surface area contributed by atoms with E-state index < -0.39 is 0 Å². The lowest BCUT2D eigenvalue weighted by Crippen LogP contribution is -2.21. The summed E-state index contributed by atoms with van der Waals surface area (Å²) in [5.41, 5.74) is 0. The summed E-state index contributed by atoms with van der Waals surface area (Å²) in [7, 11) is 0. The second-order valence-corrected chi connectivity index (χ2v) is 5.13. The summed E-state index contributed by atoms with van der Waals surface area (Å²) in [5.74, 6) is 1.37. The minimum Gasteiger partial charge on any atom is -0.353 e. The Kier molecular flexibility index (Phi) is 6.26. The van der Waals surface area contributed by atoms with Crippen LogP contribution in [0.5, 0.6) is 0 Å². The number of hydrogen-bond donors (Lipinski definition) is 0. The highest BCUT2D eigenvalue weighted by atomic mass is 16.7. The molecule has 1 unspecified atom stereocenters. The standard InChI is InChI=1S/C13H26O2/c1-11(2)9-14-12(3)15-10-13-7-5-4-6-8-13/h11-13H,4-10H2,1-3H3. The van der Waals surface area contributed by atoms with E-state index in [9.17, 15) is 0 Å². The van der Waals surface area contributed by atoms with Gasteiger partial charge in [0.15, 0.2) is 6.29 Å². The van der Waals surface area contributed by atoms with Gasteiger partial charge in [0, 0.05) is 0 Å². The maximum absolute atomic E-state index is 5.71. The van der Waals surface area contributed by atoms with Gasteiger partial charge in [-0.1, -0.05) is 33.1 Å². The number of rotatable bonds is 6. The normalized spacial score (nSPS) is 20.8. The lowest BCUT2D eigenvalue weighted by Gasteiger charge is -2.23. The monoisotopic (exact) mass is 214 g/mol. The van der Waals surface area contributed by atoms with E-state index in [1.165, 1.54) is 32.1 Å². The van der Waals surface area contributed by atoms with Crippen molar-refractivity contribution < 1.29 is 9.47 Å². The van der Waals surface area contributed by atoms with Gasteiger partial charge in [0.2, 0.25) is 0 Å². The predicted octanol–water partition coefficient (Wildman–Crippen LogP) is 3.60. The van der Waals surface area contributed by atoms with E-state index >= 15 is 0 Å². The molecule has 0 spiro atoms. The Morgan fingerprint density at radius 2 is 1.67 bits per heavy atom. The summed E-state index contributed by atoms with van der Waals surface area (Å²) in [4.78, 5) is 0. The molecule has 1 fully saturated rings. The van der Waals surface area contributed by atoms with Gasteiger partial charge in [-0.05, 0) is 31.6 Å². The van der Waals surface area contributed by atoms with Gasteiger partial charge in [-0.3, -0.25) is 0 Å². The first-order valence-corrected chi connectivity index (χ1v) is 6.41. The first kappa shape index (κ1) is 13.0. The summed E-state index contributed by atoms with van der Waals surface area (Å²) in [6, 6.07) is 0. The van der Waals surface area contributed by atoms with Crippen LogP contribution in [0.3, 0.4) is 0 Å². The van der Waals surface area contributed by atoms with Crippen molar-refractivity contribution in [3.8, 4) is 0 Å². The molecule has 0 amide bonds. The van der Waals surface area contributed by atoms with E-state index in [0.717, 1.165) is 19.1 Å². The third kappa shape index (κ3) is 6.16. The molecule has 1 saturated carbocycles. The molecule has 1 aliphatic carbocycles. The minimum absolute atomic E-state index is 0.0330. The second-order valence-electron chi connectivity index (χ2n) is 5.13. The minimum atomic E-state index is -0.0330. The fraction of sp³-hybridized carbons (Fsp3) is 1.00. The summed E-state index contributed by atoms with van der Waals surface area (Å²) in [6.45, 7) is 8.01. The van der Waals surface area contributed by atoms with Crippen molar-refractivity contribution in [1.82, 2.24) is 0 Å². The molecule has 0 bridgehead atoms. The highest BCUT2D eigenvalue weighted by molar-refractivity contribution is 4.64. The van der Waals surface area contributed by atoms with Crippen LogP contribution in [0, 0.1) is 11.8 Å². The zero-order chi connectivity index (χ0) is 11.1. The van der Waals surface area contributed by atoms with Gasteiger partial charge in [0.05, 0.1) is 13.2 Å². The molecule has 2 heteroatoms. The predicted molar refractivity (Wildman–Crippen MR) is 62.8 cm³/mol. The Morgan fingerprint density at radius 1 is 1.00 bits per heavy atom. The molecular formula is C13H26O2. The molecule has 0 saturated heterocycles. The average Bonchev–Trinajstić information content (AvgIpc) is 2.25. The quantitative estimate of drug-likeness (QED) is 0.629. The van der Waals surface area contributed by atoms with Crippen LogP contribution < -0.4 is 0 Å². The van der Waals surface area contributed by atoms with E-state index in [-0.39, 0.29) is 6.29 Å². The summed E-state index contributed by atoms with van der Waals surface area (Å²) < 4.78 is 11.3. The van der Waals surface area contributed by atoms with E-state index in [1.807, 2.05) is 6.92 Å². The summed E-state index contributed by atoms with van der Waals surface area (Å²) >= 11 is 0. The van der Waals surface area contributed by atoms with Crippen LogP contribution in [0.4, 0.5) is 0 Å². The van der Waals surface area contributed by atoms with Gasteiger partial charge >= 0.3 is 0 Å². The smallest absolute Gasteiger partial charge is 0.154 e. The molecule has 1 atom stereocenters. The van der Waals surface area contributed by atoms with Crippen LogP contribution in [0.25, 0.3) is 0 Å². The van der Waals surface area contributed by atoms with Gasteiger partial charge in [-0.25, -0.2) is 0 Å². The van der Waals surface area contributed by atoms with Crippen LogP contribution >= 0.6 is 0 Å². The SMILES string of the molecule is CC(C)COC(C)OCC1CCCCC1. The fourth-order valence-electron chi connectivity index (χ4n) is 2.00. The van der Waals surface area contributed by atoms with Crippen LogP contribution in [0.2, 0.25) is 0 Å². The Morgan fingerprint density at radius 3 is 2.27 bits per heavy atom. The average molecular weight is 214 g/mol. The van der Waals surface area contributed by atoms with Crippen molar-refractivity contribution in [1.29, 1.82) is 0 Å². The highest BCUT2D eigenvalue weighted by Crippen LogP contribution is 2.24. The summed E-state index contributed by atoms with van der Waals surface area (Å²) in [5, 5.41) is 0. The van der Waals surface area contributed by atoms with Gasteiger partial charge in [0.1, 0.15) is 0 Å². The third-order valence-electron chi connectivity index (χ3n) is 2.96. The van der Waals surface area contributed by atoms with Crippen molar-refractivity contribution in [3.05, 3.63) is 0 Å². The Balaban J connectivity index is 2.02. The molecule has 0 aromatic rings. The fourth-order valence-corrected chi connectivity index (χ4v) is 2.00. The second kappa shape index (κ2) is 7.24. The highest BCUT2D eigenvalue weighted by Gasteiger charge is 2.14. The van der Waals surface area contributed by atoms with Crippen molar-refractivity contribution in [2.24, 2.45) is 11.8 Å². The number of ether oxygens (including phenoxy) is 2. The molecule has 2 nitrogen and oxygen atoms in total. The molecular weight excluding hydrogens is 188 g/mol. The van der Waals surface area contributed by atoms with Crippen LogP contribution in [-0.2, 0) is 9.47 Å². The van der Waals surface area contributed by atoms with Gasteiger partial charge in [-0.15, -0.1) is 0 Å². The molecule has 0 aromatic carbocycles. The lowest BCUT2D eigenvalue weighted by atomic mass is 9.90. The van der Waals surface area contributed by atoms with Crippen molar-refractivity contribution in [2.75, 3.05) is 13.2 Å². The van der Waals surface area contributed by atoms with Gasteiger partial charge < -0.3 is 9.47 Å². The molecule has 1 rings (SSSR count). The number of hydrogen-bond acceptors (Lipinski definition) is 2. The zero-order valence-electron chi connectivity index (χ0n) is 10.5. The van der Waals surface area contributed by atoms with Crippen molar-refractivity contribution in [3.63, 3.8) is 0 Å². The van der Waals surface area contributed by atoms with Crippen molar-refractivity contribution in [2.45, 2.75) is 59.2 Å². The molecule has 90 valence electrons. The molecule has 0 radical (unpaired) electrons. The third-order valence-corrected chi connectivity index (χ3v) is 2.96. The topological polar surface area (TPSA) is 18.5 Å². The van der Waals surface area contributed by atoms with Crippen molar-refractivity contribution >= 4 is 0 Å². The maximum atomic E-state index is 5.71. The van der Waals surface area contributed by atoms with Crippen LogP contribution in [0.15, 0.2) is 0 Å². The maximum Gasteiger partial charge on any atom is 0.154 e. The molecule has 0 heterocycles. The lowest BCUT2D eigenvalue weighted by molar-refractivity contribution is -0.145. The molecule has 15 heavy (non-hydrogen) atoms. The van der Waals surface area contributed by atoms with Crippen LogP contribution in [-0.4, -0.2) is 19.5 Å². The van der Waals surface area contributed by atoms with E-state index in [4.69, 9.17) is 9.47 Å². The molecule has 0 N–H and O–H groups in total. The Labute approximate surface area is 94.3 Å². The van der Waals surface area contributed by atoms with Gasteiger partial charge in [0.25, 0.3) is 0 Å².